The smallest absolute Gasteiger partial charge is 0.263 e. The summed E-state index contributed by atoms with van der Waals surface area (Å²) in [7, 11) is 0. The topological polar surface area (TPSA) is 74.8 Å². The first-order valence-electron chi connectivity index (χ1n) is 8.52. The summed E-state index contributed by atoms with van der Waals surface area (Å²) in [6.07, 6.45) is 6.23. The molecule has 5 heteroatoms. The van der Waals surface area contributed by atoms with Gasteiger partial charge in [0.05, 0.1) is 0 Å². The maximum atomic E-state index is 12.5. The number of hydrogen-bond donors (Lipinski definition) is 2. The van der Waals surface area contributed by atoms with Crippen molar-refractivity contribution in [2.45, 2.75) is 50.5 Å². The first-order valence-corrected chi connectivity index (χ1v) is 8.52. The second-order valence-electron chi connectivity index (χ2n) is 7.18. The molecule has 4 rings (SSSR count). The zero-order valence-electron chi connectivity index (χ0n) is 13.8. The molecule has 2 aliphatic carbocycles. The molecular weight excluding hydrogens is 302 g/mol. The van der Waals surface area contributed by atoms with Crippen molar-refractivity contribution in [3.8, 4) is 0 Å². The van der Waals surface area contributed by atoms with Crippen molar-refractivity contribution >= 4 is 5.91 Å². The fourth-order valence-corrected chi connectivity index (χ4v) is 3.04. The molecule has 1 aromatic heterocycles. The molecule has 1 aromatic carbocycles. The van der Waals surface area contributed by atoms with Crippen LogP contribution in [0.2, 0.25) is 0 Å². The summed E-state index contributed by atoms with van der Waals surface area (Å²) in [5.74, 6) is 0.749. The van der Waals surface area contributed by atoms with Crippen molar-refractivity contribution in [1.82, 2.24) is 15.3 Å². The fourth-order valence-electron chi connectivity index (χ4n) is 3.04. The van der Waals surface area contributed by atoms with Crippen molar-refractivity contribution in [2.75, 3.05) is 0 Å². The number of aryl methyl sites for hydroxylation is 1. The Kier molecular flexibility index (Phi) is 3.52. The Balaban J connectivity index is 1.47. The van der Waals surface area contributed by atoms with Gasteiger partial charge in [0.25, 0.3) is 11.5 Å². The molecule has 0 unspecified atom stereocenters. The number of nitrogens with zero attached hydrogens (tertiary/aromatic N) is 1. The number of benzene rings is 1. The predicted octanol–water partition coefficient (Wildman–Crippen LogP) is 2.46. The summed E-state index contributed by atoms with van der Waals surface area (Å²) in [4.78, 5) is 31.7. The van der Waals surface area contributed by atoms with E-state index in [4.69, 9.17) is 0 Å². The van der Waals surface area contributed by atoms with Crippen LogP contribution in [0.3, 0.4) is 0 Å². The number of nitrogens with one attached hydrogen (secondary N) is 2. The summed E-state index contributed by atoms with van der Waals surface area (Å²) in [5, 5.41) is 3.05. The molecule has 0 spiro atoms. The third kappa shape index (κ3) is 3.11. The van der Waals surface area contributed by atoms with Crippen LogP contribution in [0.4, 0.5) is 0 Å². The SMILES string of the molecule is Cc1ccc(CC2(NC(=O)c3cnc(C4CC4)[nH]c3=O)CC2)cc1. The Morgan fingerprint density at radius 1 is 1.29 bits per heavy atom. The minimum atomic E-state index is -0.337. The highest BCUT2D eigenvalue weighted by Gasteiger charge is 2.44. The first kappa shape index (κ1) is 15.1. The molecule has 124 valence electrons. The molecule has 0 bridgehead atoms. The van der Waals surface area contributed by atoms with E-state index < -0.39 is 0 Å². The monoisotopic (exact) mass is 323 g/mol. The van der Waals surface area contributed by atoms with Crippen LogP contribution in [-0.4, -0.2) is 21.4 Å². The van der Waals surface area contributed by atoms with Crippen LogP contribution in [0, 0.1) is 6.92 Å². The molecular formula is C19H21N3O2. The molecule has 0 aliphatic heterocycles. The largest absolute Gasteiger partial charge is 0.346 e. The molecule has 2 aliphatic rings. The summed E-state index contributed by atoms with van der Waals surface area (Å²) in [5.41, 5.74) is 1.98. The van der Waals surface area contributed by atoms with Crippen LogP contribution in [-0.2, 0) is 6.42 Å². The molecule has 1 amide bonds. The molecule has 2 N–H and O–H groups in total. The lowest BCUT2D eigenvalue weighted by Gasteiger charge is -2.17. The number of carbonyl (C=O) groups is 1. The van der Waals surface area contributed by atoms with Gasteiger partial charge >= 0.3 is 0 Å². The number of amides is 1. The standard InChI is InChI=1S/C19H21N3O2/c1-12-2-4-13(5-3-12)10-19(8-9-19)22-18(24)15-11-20-16(14-6-7-14)21-17(15)23/h2-5,11,14H,6-10H2,1H3,(H,22,24)(H,20,21,23). The van der Waals surface area contributed by atoms with Crippen molar-refractivity contribution in [3.05, 3.63) is 63.3 Å². The van der Waals surface area contributed by atoms with Crippen LogP contribution in [0.25, 0.3) is 0 Å². The lowest BCUT2D eigenvalue weighted by atomic mass is 10.0. The van der Waals surface area contributed by atoms with Gasteiger partial charge in [-0.1, -0.05) is 29.8 Å². The number of rotatable bonds is 5. The molecule has 2 saturated carbocycles. The Labute approximate surface area is 140 Å². The van der Waals surface area contributed by atoms with Crippen molar-refractivity contribution in [2.24, 2.45) is 0 Å². The van der Waals surface area contributed by atoms with E-state index in [1.54, 1.807) is 0 Å². The summed E-state index contributed by atoms with van der Waals surface area (Å²) in [6.45, 7) is 2.06. The van der Waals surface area contributed by atoms with Crippen LogP contribution < -0.4 is 10.9 Å². The third-order valence-electron chi connectivity index (χ3n) is 4.92. The van der Waals surface area contributed by atoms with E-state index in [-0.39, 0.29) is 22.6 Å². The Morgan fingerprint density at radius 3 is 2.58 bits per heavy atom. The van der Waals surface area contributed by atoms with Gasteiger partial charge in [0, 0.05) is 17.7 Å². The normalized spacial score (nSPS) is 18.2. The van der Waals surface area contributed by atoms with Crippen LogP contribution >= 0.6 is 0 Å². The molecule has 2 aromatic rings. The number of aromatic nitrogens is 2. The van der Waals surface area contributed by atoms with Gasteiger partial charge in [-0.05, 0) is 44.6 Å². The number of hydrogen-bond acceptors (Lipinski definition) is 3. The van der Waals surface area contributed by atoms with E-state index in [0.29, 0.717) is 11.7 Å². The quantitative estimate of drug-likeness (QED) is 0.887. The van der Waals surface area contributed by atoms with Gasteiger partial charge in [-0.25, -0.2) is 4.98 Å². The molecule has 24 heavy (non-hydrogen) atoms. The highest BCUT2D eigenvalue weighted by molar-refractivity contribution is 5.94. The van der Waals surface area contributed by atoms with Crippen LogP contribution in [0.15, 0.2) is 35.3 Å². The van der Waals surface area contributed by atoms with Gasteiger partial charge in [0.1, 0.15) is 11.4 Å². The van der Waals surface area contributed by atoms with Crippen molar-refractivity contribution < 1.29 is 4.79 Å². The number of H-pyrrole nitrogens is 1. The van der Waals surface area contributed by atoms with E-state index in [1.807, 2.05) is 0 Å². The summed E-state index contributed by atoms with van der Waals surface area (Å²) < 4.78 is 0. The predicted molar refractivity (Wildman–Crippen MR) is 91.1 cm³/mol. The summed E-state index contributed by atoms with van der Waals surface area (Å²) >= 11 is 0. The van der Waals surface area contributed by atoms with Crippen molar-refractivity contribution in [3.63, 3.8) is 0 Å². The minimum Gasteiger partial charge on any atom is -0.346 e. The van der Waals surface area contributed by atoms with Gasteiger partial charge in [-0.15, -0.1) is 0 Å². The highest BCUT2D eigenvalue weighted by Crippen LogP contribution is 2.39. The Bertz CT molecular complexity index is 830. The molecule has 2 fully saturated rings. The maximum absolute atomic E-state index is 12.5. The molecule has 0 atom stereocenters. The second kappa shape index (κ2) is 5.58. The van der Waals surface area contributed by atoms with Crippen LogP contribution in [0.1, 0.15) is 58.9 Å². The van der Waals surface area contributed by atoms with Gasteiger partial charge in [0.2, 0.25) is 0 Å². The lowest BCUT2D eigenvalue weighted by Crippen LogP contribution is -2.41. The Morgan fingerprint density at radius 2 is 2.00 bits per heavy atom. The minimum absolute atomic E-state index is 0.106. The number of carbonyl (C=O) groups excluding carboxylic acids is 1. The van der Waals surface area contributed by atoms with Crippen LogP contribution in [0.5, 0.6) is 0 Å². The second-order valence-corrected chi connectivity index (χ2v) is 7.18. The van der Waals surface area contributed by atoms with Gasteiger partial charge in [-0.3, -0.25) is 9.59 Å². The zero-order valence-corrected chi connectivity index (χ0v) is 13.8. The highest BCUT2D eigenvalue weighted by atomic mass is 16.2. The van der Waals surface area contributed by atoms with Gasteiger partial charge < -0.3 is 10.3 Å². The van der Waals surface area contributed by atoms with E-state index in [0.717, 1.165) is 32.1 Å². The molecule has 1 heterocycles. The fraction of sp³-hybridized carbons (Fsp3) is 0.421. The number of aromatic amines is 1. The van der Waals surface area contributed by atoms with E-state index in [9.17, 15) is 9.59 Å². The average molecular weight is 323 g/mol. The maximum Gasteiger partial charge on any atom is 0.263 e. The molecule has 0 radical (unpaired) electrons. The summed E-state index contributed by atoms with van der Waals surface area (Å²) in [6, 6.07) is 8.36. The van der Waals surface area contributed by atoms with Gasteiger partial charge in [0.15, 0.2) is 0 Å². The average Bonchev–Trinajstić information content (AvgIpc) is 3.45. The lowest BCUT2D eigenvalue weighted by molar-refractivity contribution is 0.0929. The Hall–Kier alpha value is -2.43. The first-order chi connectivity index (χ1) is 11.5. The van der Waals surface area contributed by atoms with Gasteiger partial charge in [-0.2, -0.15) is 0 Å². The van der Waals surface area contributed by atoms with E-state index >= 15 is 0 Å². The zero-order chi connectivity index (χ0) is 16.7. The molecule has 5 nitrogen and oxygen atoms in total. The van der Waals surface area contributed by atoms with E-state index in [2.05, 4.69) is 46.5 Å². The van der Waals surface area contributed by atoms with E-state index in [1.165, 1.54) is 17.3 Å². The van der Waals surface area contributed by atoms with Crippen molar-refractivity contribution in [1.29, 1.82) is 0 Å². The third-order valence-corrected chi connectivity index (χ3v) is 4.92. The molecule has 0 saturated heterocycles.